The van der Waals surface area contributed by atoms with Crippen LogP contribution >= 0.6 is 0 Å². The Bertz CT molecular complexity index is 869. The number of ether oxygens (including phenoxy) is 3. The summed E-state index contributed by atoms with van der Waals surface area (Å²) in [5.74, 6) is 0.0217. The molecule has 29 heavy (non-hydrogen) atoms. The van der Waals surface area contributed by atoms with E-state index in [1.807, 2.05) is 0 Å². The van der Waals surface area contributed by atoms with Crippen molar-refractivity contribution in [2.24, 2.45) is 0 Å². The lowest BCUT2D eigenvalue weighted by atomic mass is 9.93. The Balaban J connectivity index is 1.65. The highest BCUT2D eigenvalue weighted by Crippen LogP contribution is 2.43. The van der Waals surface area contributed by atoms with Crippen LogP contribution in [0.1, 0.15) is 17.2 Å². The summed E-state index contributed by atoms with van der Waals surface area (Å²) in [4.78, 5) is 0. The summed E-state index contributed by atoms with van der Waals surface area (Å²) >= 11 is 0. The maximum Gasteiger partial charge on any atom is 0.186 e. The second kappa shape index (κ2) is 7.69. The quantitative estimate of drug-likeness (QED) is 0.423. The van der Waals surface area contributed by atoms with Crippen LogP contribution in [-0.2, 0) is 15.9 Å². The van der Waals surface area contributed by atoms with E-state index >= 15 is 0 Å². The van der Waals surface area contributed by atoms with Crippen LogP contribution in [0, 0.1) is 0 Å². The number of hydrogen-bond donors (Lipinski definition) is 6. The fraction of sp³-hybridized carbons (Fsp3) is 0.400. The molecular formula is C20H22O9. The molecule has 0 amide bonds. The summed E-state index contributed by atoms with van der Waals surface area (Å²) in [5, 5.41) is 59.3. The van der Waals surface area contributed by atoms with Gasteiger partial charge in [0.2, 0.25) is 0 Å². The molecule has 1 saturated heterocycles. The Morgan fingerprint density at radius 3 is 2.34 bits per heavy atom. The molecule has 6 atom stereocenters. The van der Waals surface area contributed by atoms with Crippen molar-refractivity contribution < 1.29 is 44.8 Å². The number of hydrogen-bond acceptors (Lipinski definition) is 9. The predicted molar refractivity (Wildman–Crippen MR) is 97.6 cm³/mol. The van der Waals surface area contributed by atoms with E-state index in [-0.39, 0.29) is 36.0 Å². The smallest absolute Gasteiger partial charge is 0.186 e. The zero-order valence-corrected chi connectivity index (χ0v) is 15.3. The molecule has 2 heterocycles. The number of aliphatic hydroxyl groups excluding tert-OH is 3. The number of aromatic hydroxyl groups is 3. The van der Waals surface area contributed by atoms with Gasteiger partial charge in [0, 0.05) is 24.1 Å². The van der Waals surface area contributed by atoms with Crippen LogP contribution in [0.25, 0.3) is 0 Å². The highest BCUT2D eigenvalue weighted by atomic mass is 16.7. The molecule has 156 valence electrons. The first-order valence-electron chi connectivity index (χ1n) is 9.15. The van der Waals surface area contributed by atoms with Gasteiger partial charge in [0.15, 0.2) is 12.4 Å². The van der Waals surface area contributed by atoms with Gasteiger partial charge in [0.1, 0.15) is 47.4 Å². The molecule has 4 rings (SSSR count). The monoisotopic (exact) mass is 406 g/mol. The molecule has 9 nitrogen and oxygen atoms in total. The van der Waals surface area contributed by atoms with Gasteiger partial charge in [-0.25, -0.2) is 0 Å². The van der Waals surface area contributed by atoms with E-state index < -0.39 is 36.8 Å². The molecule has 2 aliphatic heterocycles. The van der Waals surface area contributed by atoms with Gasteiger partial charge in [-0.2, -0.15) is 0 Å². The summed E-state index contributed by atoms with van der Waals surface area (Å²) in [6, 6.07) is 8.81. The van der Waals surface area contributed by atoms with Crippen molar-refractivity contribution in [3.63, 3.8) is 0 Å². The van der Waals surface area contributed by atoms with Crippen molar-refractivity contribution >= 4 is 0 Å². The van der Waals surface area contributed by atoms with E-state index in [1.54, 1.807) is 12.1 Å². The standard InChI is InChI=1S/C20H22O9/c21-10-3-1-9(2-4-10)19-16(29-20-18(26)17(25)14(24)8-27-20)7-12-13(23)5-11(22)6-15(12)28-19/h1-6,14,16-26H,7-8H2/t14-,16-,17+,18+,19+,20-/m0/s1. The maximum absolute atomic E-state index is 10.2. The fourth-order valence-corrected chi connectivity index (χ4v) is 3.59. The third-order valence-electron chi connectivity index (χ3n) is 5.15. The van der Waals surface area contributed by atoms with Crippen LogP contribution < -0.4 is 4.74 Å². The van der Waals surface area contributed by atoms with Crippen LogP contribution in [0.15, 0.2) is 36.4 Å². The van der Waals surface area contributed by atoms with Crippen molar-refractivity contribution in [1.29, 1.82) is 0 Å². The topological polar surface area (TPSA) is 149 Å². The number of phenolic OH excluding ortho intramolecular Hbond substituents is 3. The van der Waals surface area contributed by atoms with Crippen molar-refractivity contribution in [3.05, 3.63) is 47.5 Å². The van der Waals surface area contributed by atoms with Gasteiger partial charge < -0.3 is 44.8 Å². The van der Waals surface area contributed by atoms with E-state index in [9.17, 15) is 30.6 Å². The molecule has 2 aliphatic rings. The largest absolute Gasteiger partial charge is 0.508 e. The summed E-state index contributed by atoms with van der Waals surface area (Å²) in [7, 11) is 0. The zero-order chi connectivity index (χ0) is 20.7. The lowest BCUT2D eigenvalue weighted by molar-refractivity contribution is -0.290. The van der Waals surface area contributed by atoms with Gasteiger partial charge >= 0.3 is 0 Å². The van der Waals surface area contributed by atoms with Crippen molar-refractivity contribution in [2.75, 3.05) is 6.61 Å². The highest BCUT2D eigenvalue weighted by molar-refractivity contribution is 5.51. The minimum Gasteiger partial charge on any atom is -0.508 e. The molecule has 0 radical (unpaired) electrons. The second-order valence-electron chi connectivity index (χ2n) is 7.20. The Hall–Kier alpha value is -2.56. The average Bonchev–Trinajstić information content (AvgIpc) is 2.69. The van der Waals surface area contributed by atoms with Crippen LogP contribution in [0.2, 0.25) is 0 Å². The van der Waals surface area contributed by atoms with E-state index in [1.165, 1.54) is 24.3 Å². The summed E-state index contributed by atoms with van der Waals surface area (Å²) < 4.78 is 17.2. The van der Waals surface area contributed by atoms with Crippen LogP contribution in [0.3, 0.4) is 0 Å². The molecule has 0 saturated carbocycles. The van der Waals surface area contributed by atoms with Crippen molar-refractivity contribution in [1.82, 2.24) is 0 Å². The van der Waals surface area contributed by atoms with Crippen molar-refractivity contribution in [2.45, 2.75) is 43.2 Å². The Morgan fingerprint density at radius 1 is 0.897 bits per heavy atom. The number of aliphatic hydroxyl groups is 3. The van der Waals surface area contributed by atoms with E-state index in [4.69, 9.17) is 14.2 Å². The van der Waals surface area contributed by atoms with E-state index in [0.29, 0.717) is 11.1 Å². The Morgan fingerprint density at radius 2 is 1.62 bits per heavy atom. The van der Waals surface area contributed by atoms with Crippen LogP contribution in [0.5, 0.6) is 23.0 Å². The van der Waals surface area contributed by atoms with Gasteiger partial charge in [-0.3, -0.25) is 0 Å². The third-order valence-corrected chi connectivity index (χ3v) is 5.15. The Labute approximate surface area is 166 Å². The molecular weight excluding hydrogens is 384 g/mol. The molecule has 0 aliphatic carbocycles. The summed E-state index contributed by atoms with van der Waals surface area (Å²) in [6.45, 7) is -0.212. The average molecular weight is 406 g/mol. The van der Waals surface area contributed by atoms with Gasteiger partial charge in [0.25, 0.3) is 0 Å². The molecule has 6 N–H and O–H groups in total. The lowest BCUT2D eigenvalue weighted by Gasteiger charge is -2.40. The maximum atomic E-state index is 10.2. The number of fused-ring (bicyclic) bond motifs is 1. The van der Waals surface area contributed by atoms with Crippen molar-refractivity contribution in [3.8, 4) is 23.0 Å². The third kappa shape index (κ3) is 3.83. The zero-order valence-electron chi connectivity index (χ0n) is 15.3. The Kier molecular flexibility index (Phi) is 5.24. The summed E-state index contributed by atoms with van der Waals surface area (Å²) in [5.41, 5.74) is 1.06. The van der Waals surface area contributed by atoms with Crippen LogP contribution in [-0.4, -0.2) is 68.0 Å². The van der Waals surface area contributed by atoms with E-state index in [2.05, 4.69) is 0 Å². The summed E-state index contributed by atoms with van der Waals surface area (Å²) in [6.07, 6.45) is -6.65. The molecule has 0 unspecified atom stereocenters. The lowest BCUT2D eigenvalue weighted by Crippen LogP contribution is -2.55. The molecule has 1 fully saturated rings. The fourth-order valence-electron chi connectivity index (χ4n) is 3.59. The number of benzene rings is 2. The van der Waals surface area contributed by atoms with E-state index in [0.717, 1.165) is 0 Å². The molecule has 2 aromatic rings. The molecule has 2 aromatic carbocycles. The first-order valence-corrected chi connectivity index (χ1v) is 9.15. The minimum absolute atomic E-state index is 0.0702. The van der Waals surface area contributed by atoms with Gasteiger partial charge in [-0.1, -0.05) is 12.1 Å². The molecule has 0 spiro atoms. The number of phenols is 3. The van der Waals surface area contributed by atoms with Gasteiger partial charge in [-0.15, -0.1) is 0 Å². The highest BCUT2D eigenvalue weighted by Gasteiger charge is 2.42. The molecule has 0 bridgehead atoms. The first kappa shape index (κ1) is 19.7. The molecule has 9 heteroatoms. The number of rotatable bonds is 3. The second-order valence-corrected chi connectivity index (χ2v) is 7.20. The van der Waals surface area contributed by atoms with Gasteiger partial charge in [-0.05, 0) is 17.7 Å². The van der Waals surface area contributed by atoms with Crippen LogP contribution in [0.4, 0.5) is 0 Å². The minimum atomic E-state index is -1.48. The predicted octanol–water partition coefficient (Wildman–Crippen LogP) is 0.304. The molecule has 0 aromatic heterocycles. The normalized spacial score (nSPS) is 31.7. The SMILES string of the molecule is Oc1ccc([C@H]2Oc3cc(O)cc(O)c3C[C@@H]2O[C@@H]2OC[C@H](O)[C@@H](O)[C@H]2O)cc1. The van der Waals surface area contributed by atoms with Gasteiger partial charge in [0.05, 0.1) is 6.61 Å². The first-order chi connectivity index (χ1) is 13.8.